The molecule has 0 atom stereocenters. The smallest absolute Gasteiger partial charge is 0.284 e. The van der Waals surface area contributed by atoms with E-state index in [0.717, 1.165) is 44.3 Å². The monoisotopic (exact) mass is 384 g/mol. The lowest BCUT2D eigenvalue weighted by Crippen LogP contribution is -2.48. The molecule has 4 N–H and O–H groups in total. The van der Waals surface area contributed by atoms with Gasteiger partial charge in [0.25, 0.3) is 5.91 Å². The molecule has 0 aliphatic carbocycles. The molecule has 2 aromatic rings. The number of anilines is 1. The third-order valence-corrected chi connectivity index (χ3v) is 4.70. The number of hydrogen-bond acceptors (Lipinski definition) is 5. The number of nitrogens with two attached hydrogens (primary N) is 1. The number of rotatable bonds is 6. The Balaban J connectivity index is 1.54. The fraction of sp³-hybridized carbons (Fsp3) is 0.450. The summed E-state index contributed by atoms with van der Waals surface area (Å²) in [5.41, 5.74) is 6.39. The average Bonchev–Trinajstić information content (AvgIpc) is 3.17. The molecular weight excluding hydrogens is 356 g/mol. The van der Waals surface area contributed by atoms with Crippen molar-refractivity contribution in [3.05, 3.63) is 47.5 Å². The molecule has 8 nitrogen and oxygen atoms in total. The Morgan fingerprint density at radius 1 is 1.32 bits per heavy atom. The van der Waals surface area contributed by atoms with Crippen LogP contribution in [0.4, 0.5) is 5.82 Å². The molecule has 2 aromatic heterocycles. The quantitative estimate of drug-likeness (QED) is 0.518. The van der Waals surface area contributed by atoms with Crippen LogP contribution in [0.5, 0.6) is 0 Å². The number of carbonyl (C=O) groups is 1. The van der Waals surface area contributed by atoms with E-state index in [1.807, 2.05) is 20.0 Å². The van der Waals surface area contributed by atoms with Gasteiger partial charge in [0.05, 0.1) is 0 Å². The summed E-state index contributed by atoms with van der Waals surface area (Å²) >= 11 is 0. The number of nitrogens with one attached hydrogen (secondary N) is 2. The fourth-order valence-corrected chi connectivity index (χ4v) is 3.17. The Labute approximate surface area is 165 Å². The Hall–Kier alpha value is -3.03. The van der Waals surface area contributed by atoms with Crippen LogP contribution < -0.4 is 21.3 Å². The van der Waals surface area contributed by atoms with Crippen LogP contribution in [0.1, 0.15) is 41.6 Å². The van der Waals surface area contributed by atoms with Gasteiger partial charge in [-0.3, -0.25) is 4.79 Å². The minimum Gasteiger partial charge on any atom is -0.454 e. The summed E-state index contributed by atoms with van der Waals surface area (Å²) in [6, 6.07) is 7.82. The molecule has 1 aliphatic rings. The van der Waals surface area contributed by atoms with Gasteiger partial charge in [0.2, 0.25) is 0 Å². The number of hydrogen-bond donors (Lipinski definition) is 3. The zero-order valence-corrected chi connectivity index (χ0v) is 16.4. The number of guanidine groups is 1. The van der Waals surface area contributed by atoms with E-state index in [1.165, 1.54) is 5.56 Å². The van der Waals surface area contributed by atoms with E-state index in [9.17, 15) is 4.79 Å². The molecule has 1 aliphatic heterocycles. The molecule has 0 aromatic carbocycles. The average molecular weight is 384 g/mol. The van der Waals surface area contributed by atoms with E-state index in [0.29, 0.717) is 18.3 Å². The van der Waals surface area contributed by atoms with E-state index in [4.69, 9.17) is 10.2 Å². The molecule has 150 valence electrons. The number of piperidine rings is 1. The number of aromatic nitrogens is 1. The second-order valence-electron chi connectivity index (χ2n) is 6.92. The molecule has 1 saturated heterocycles. The first kappa shape index (κ1) is 19.7. The normalized spacial score (nSPS) is 15.5. The van der Waals surface area contributed by atoms with Gasteiger partial charge in [-0.15, -0.1) is 0 Å². The van der Waals surface area contributed by atoms with Crippen molar-refractivity contribution in [1.29, 1.82) is 0 Å². The van der Waals surface area contributed by atoms with Crippen molar-refractivity contribution >= 4 is 17.7 Å². The summed E-state index contributed by atoms with van der Waals surface area (Å²) in [7, 11) is 0. The van der Waals surface area contributed by atoms with Gasteiger partial charge in [-0.05, 0) is 50.5 Å². The first-order valence-electron chi connectivity index (χ1n) is 9.66. The van der Waals surface area contributed by atoms with Crippen molar-refractivity contribution < 1.29 is 9.21 Å². The van der Waals surface area contributed by atoms with Gasteiger partial charge in [-0.2, -0.15) is 0 Å². The highest BCUT2D eigenvalue weighted by molar-refractivity contribution is 5.89. The second-order valence-corrected chi connectivity index (χ2v) is 6.92. The largest absolute Gasteiger partial charge is 0.454 e. The lowest BCUT2D eigenvalue weighted by atomic mass is 10.1. The van der Waals surface area contributed by atoms with Gasteiger partial charge in [0.1, 0.15) is 18.1 Å². The van der Waals surface area contributed by atoms with E-state index >= 15 is 0 Å². The summed E-state index contributed by atoms with van der Waals surface area (Å²) in [6.07, 6.45) is 3.92. The molecule has 3 heterocycles. The SMILES string of the molecule is CCNC(=NCc1ccc(C(N)=O)o1)NC1CCN(c2ccc(C)cn2)CC1. The standard InChI is InChI=1S/C20H28N6O2/c1-3-22-20(24-13-16-5-6-17(28-16)19(21)27)25-15-8-10-26(11-9-15)18-7-4-14(2)12-23-18/h4-7,12,15H,3,8-11,13H2,1-2H3,(H2,21,27)(H2,22,24,25). The predicted octanol–water partition coefficient (Wildman–Crippen LogP) is 1.81. The third-order valence-electron chi connectivity index (χ3n) is 4.70. The molecule has 0 radical (unpaired) electrons. The van der Waals surface area contributed by atoms with Crippen LogP contribution in [0.15, 0.2) is 39.9 Å². The van der Waals surface area contributed by atoms with Crippen molar-refractivity contribution in [3.8, 4) is 0 Å². The first-order valence-corrected chi connectivity index (χ1v) is 9.66. The van der Waals surface area contributed by atoms with Gasteiger partial charge in [0, 0.05) is 31.9 Å². The highest BCUT2D eigenvalue weighted by Crippen LogP contribution is 2.18. The van der Waals surface area contributed by atoms with Crippen molar-refractivity contribution in [1.82, 2.24) is 15.6 Å². The molecule has 0 bridgehead atoms. The van der Waals surface area contributed by atoms with Crippen molar-refractivity contribution in [2.45, 2.75) is 39.3 Å². The van der Waals surface area contributed by atoms with Crippen LogP contribution in [-0.2, 0) is 6.54 Å². The maximum Gasteiger partial charge on any atom is 0.284 e. The van der Waals surface area contributed by atoms with Crippen LogP contribution >= 0.6 is 0 Å². The van der Waals surface area contributed by atoms with Crippen LogP contribution in [0.25, 0.3) is 0 Å². The first-order chi connectivity index (χ1) is 13.5. The summed E-state index contributed by atoms with van der Waals surface area (Å²) in [4.78, 5) is 22.5. The zero-order chi connectivity index (χ0) is 19.9. The topological polar surface area (TPSA) is 109 Å². The number of nitrogens with zero attached hydrogens (tertiary/aromatic N) is 3. The maximum absolute atomic E-state index is 11.1. The third kappa shape index (κ3) is 5.25. The van der Waals surface area contributed by atoms with Gasteiger partial charge < -0.3 is 25.7 Å². The Bertz CT molecular complexity index is 806. The number of aryl methyl sites for hydroxylation is 1. The number of amides is 1. The number of aliphatic imine (C=N–C) groups is 1. The molecule has 0 saturated carbocycles. The molecule has 28 heavy (non-hydrogen) atoms. The molecule has 0 spiro atoms. The zero-order valence-electron chi connectivity index (χ0n) is 16.4. The van der Waals surface area contributed by atoms with Crippen LogP contribution in [-0.4, -0.2) is 42.5 Å². The highest BCUT2D eigenvalue weighted by Gasteiger charge is 2.21. The predicted molar refractivity (Wildman–Crippen MR) is 109 cm³/mol. The molecule has 1 fully saturated rings. The molecule has 1 amide bonds. The molecule has 8 heteroatoms. The van der Waals surface area contributed by atoms with Gasteiger partial charge in [-0.25, -0.2) is 9.98 Å². The Morgan fingerprint density at radius 3 is 2.71 bits per heavy atom. The summed E-state index contributed by atoms with van der Waals surface area (Å²) < 4.78 is 5.38. The number of primary amides is 1. The summed E-state index contributed by atoms with van der Waals surface area (Å²) in [5, 5.41) is 6.75. The summed E-state index contributed by atoms with van der Waals surface area (Å²) in [6.45, 7) is 7.09. The molecular formula is C20H28N6O2. The number of furan rings is 1. The van der Waals surface area contributed by atoms with Crippen LogP contribution in [0.3, 0.4) is 0 Å². The molecule has 0 unspecified atom stereocenters. The number of pyridine rings is 1. The van der Waals surface area contributed by atoms with E-state index in [-0.39, 0.29) is 5.76 Å². The Morgan fingerprint density at radius 2 is 2.11 bits per heavy atom. The second kappa shape index (κ2) is 9.25. The van der Waals surface area contributed by atoms with E-state index in [2.05, 4.69) is 37.6 Å². The van der Waals surface area contributed by atoms with Gasteiger partial charge in [0.15, 0.2) is 11.7 Å². The fourth-order valence-electron chi connectivity index (χ4n) is 3.17. The maximum atomic E-state index is 11.1. The van der Waals surface area contributed by atoms with Crippen molar-refractivity contribution in [2.75, 3.05) is 24.5 Å². The molecule has 3 rings (SSSR count). The van der Waals surface area contributed by atoms with E-state index in [1.54, 1.807) is 12.1 Å². The van der Waals surface area contributed by atoms with Crippen molar-refractivity contribution in [2.24, 2.45) is 10.7 Å². The van der Waals surface area contributed by atoms with Gasteiger partial charge in [-0.1, -0.05) is 6.07 Å². The minimum atomic E-state index is -0.574. The highest BCUT2D eigenvalue weighted by atomic mass is 16.3. The minimum absolute atomic E-state index is 0.153. The Kier molecular flexibility index (Phi) is 6.52. The lowest BCUT2D eigenvalue weighted by molar-refractivity contribution is 0.0972. The van der Waals surface area contributed by atoms with Crippen LogP contribution in [0.2, 0.25) is 0 Å². The lowest BCUT2D eigenvalue weighted by Gasteiger charge is -2.33. The van der Waals surface area contributed by atoms with Gasteiger partial charge >= 0.3 is 0 Å². The summed E-state index contributed by atoms with van der Waals surface area (Å²) in [5.74, 6) is 1.96. The van der Waals surface area contributed by atoms with Crippen molar-refractivity contribution in [3.63, 3.8) is 0 Å². The number of carbonyl (C=O) groups excluding carboxylic acids is 1. The van der Waals surface area contributed by atoms with Crippen LogP contribution in [0, 0.1) is 6.92 Å². The van der Waals surface area contributed by atoms with E-state index < -0.39 is 5.91 Å².